The highest BCUT2D eigenvalue weighted by Gasteiger charge is 2.16. The minimum absolute atomic E-state index is 0.0774. The molecule has 3 rings (SSSR count). The minimum atomic E-state index is -0.242. The fraction of sp³-hybridized carbons (Fsp3) is 0.273. The van der Waals surface area contributed by atoms with E-state index in [2.05, 4.69) is 20.8 Å². The number of thioether (sulfide) groups is 1. The number of halogens is 1. The van der Waals surface area contributed by atoms with Crippen LogP contribution in [0.1, 0.15) is 18.3 Å². The number of benzene rings is 2. The Hall–Kier alpha value is -3.04. The van der Waals surface area contributed by atoms with Crippen LogP contribution in [0, 0.1) is 0 Å². The lowest BCUT2D eigenvalue weighted by Gasteiger charge is -2.10. The molecule has 0 saturated heterocycles. The Bertz CT molecular complexity index is 1120. The molecule has 0 aliphatic heterocycles. The maximum absolute atomic E-state index is 12.5. The van der Waals surface area contributed by atoms with Gasteiger partial charge >= 0.3 is 0 Å². The maximum atomic E-state index is 12.5. The summed E-state index contributed by atoms with van der Waals surface area (Å²) in [6, 6.07) is 12.7. The Balaban J connectivity index is 1.57. The third-order valence-corrected chi connectivity index (χ3v) is 5.94. The van der Waals surface area contributed by atoms with Gasteiger partial charge in [-0.25, -0.2) is 0 Å². The van der Waals surface area contributed by atoms with Gasteiger partial charge in [-0.2, -0.15) is 0 Å². The molecule has 0 saturated carbocycles. The number of ether oxygens (including phenoxy) is 1. The van der Waals surface area contributed by atoms with Gasteiger partial charge in [0, 0.05) is 17.8 Å². The lowest BCUT2D eigenvalue weighted by atomic mass is 10.1. The summed E-state index contributed by atoms with van der Waals surface area (Å²) in [5, 5.41) is 14.9. The number of aromatic nitrogens is 3. The minimum Gasteiger partial charge on any atom is -0.495 e. The lowest BCUT2D eigenvalue weighted by molar-refractivity contribution is -0.116. The monoisotopic (exact) mass is 473 g/mol. The molecule has 2 amide bonds. The van der Waals surface area contributed by atoms with Crippen molar-refractivity contribution in [2.45, 2.75) is 24.9 Å². The van der Waals surface area contributed by atoms with E-state index in [4.69, 9.17) is 16.3 Å². The summed E-state index contributed by atoms with van der Waals surface area (Å²) in [7, 11) is 3.29. The number of aryl methyl sites for hydroxylation is 1. The van der Waals surface area contributed by atoms with Crippen LogP contribution in [-0.2, 0) is 29.5 Å². The van der Waals surface area contributed by atoms with Gasteiger partial charge < -0.3 is 19.9 Å². The SMILES string of the molecule is CCc1ccccc1NC(=O)Cc1nnc(SCC(=O)Nc2cc(Cl)ccc2OC)n1C. The molecular formula is C22H24ClN5O3S. The Morgan fingerprint density at radius 1 is 1.09 bits per heavy atom. The van der Waals surface area contributed by atoms with Crippen LogP contribution < -0.4 is 15.4 Å². The zero-order chi connectivity index (χ0) is 23.1. The molecular weight excluding hydrogens is 450 g/mol. The molecule has 1 aromatic heterocycles. The van der Waals surface area contributed by atoms with Crippen molar-refractivity contribution in [3.63, 3.8) is 0 Å². The average molecular weight is 474 g/mol. The number of methoxy groups -OCH3 is 1. The summed E-state index contributed by atoms with van der Waals surface area (Å²) >= 11 is 7.22. The Labute approximate surface area is 195 Å². The summed E-state index contributed by atoms with van der Waals surface area (Å²) in [6.07, 6.45) is 0.901. The van der Waals surface area contributed by atoms with Gasteiger partial charge in [-0.3, -0.25) is 9.59 Å². The number of hydrogen-bond acceptors (Lipinski definition) is 6. The standard InChI is InChI=1S/C22H24ClN5O3S/c1-4-14-7-5-6-8-16(14)24-20(29)12-19-26-27-22(28(19)2)32-13-21(30)25-17-11-15(23)9-10-18(17)31-3/h5-11H,4,12-13H2,1-3H3,(H,24,29)(H,25,30). The number of rotatable bonds is 9. The van der Waals surface area contributed by atoms with Crippen molar-refractivity contribution in [1.82, 2.24) is 14.8 Å². The number of amides is 2. The molecule has 2 aromatic carbocycles. The van der Waals surface area contributed by atoms with E-state index in [1.807, 2.05) is 31.2 Å². The fourth-order valence-corrected chi connectivity index (χ4v) is 3.91. The van der Waals surface area contributed by atoms with Crippen LogP contribution in [0.3, 0.4) is 0 Å². The summed E-state index contributed by atoms with van der Waals surface area (Å²) in [5.74, 6) is 0.718. The maximum Gasteiger partial charge on any atom is 0.234 e. The number of para-hydroxylation sites is 1. The molecule has 0 spiro atoms. The third-order valence-electron chi connectivity index (χ3n) is 4.68. The van der Waals surface area contributed by atoms with Gasteiger partial charge in [-0.05, 0) is 36.2 Å². The summed E-state index contributed by atoms with van der Waals surface area (Å²) in [6.45, 7) is 2.04. The van der Waals surface area contributed by atoms with Crippen LogP contribution in [0.5, 0.6) is 5.75 Å². The molecule has 0 radical (unpaired) electrons. The van der Waals surface area contributed by atoms with Crippen LogP contribution in [0.25, 0.3) is 0 Å². The van der Waals surface area contributed by atoms with Crippen LogP contribution in [0.2, 0.25) is 5.02 Å². The molecule has 8 nitrogen and oxygen atoms in total. The average Bonchev–Trinajstić information content (AvgIpc) is 3.12. The highest BCUT2D eigenvalue weighted by Crippen LogP contribution is 2.28. The van der Waals surface area contributed by atoms with Gasteiger partial charge in [0.1, 0.15) is 11.6 Å². The molecule has 168 valence electrons. The first-order valence-electron chi connectivity index (χ1n) is 9.93. The van der Waals surface area contributed by atoms with Crippen molar-refractivity contribution in [2.24, 2.45) is 7.05 Å². The van der Waals surface area contributed by atoms with Gasteiger partial charge in [-0.1, -0.05) is 48.5 Å². The zero-order valence-electron chi connectivity index (χ0n) is 18.0. The molecule has 0 bridgehead atoms. The van der Waals surface area contributed by atoms with E-state index in [9.17, 15) is 9.59 Å². The van der Waals surface area contributed by atoms with E-state index in [0.717, 1.165) is 17.7 Å². The molecule has 10 heteroatoms. The van der Waals surface area contributed by atoms with Crippen LogP contribution in [-0.4, -0.2) is 39.4 Å². The van der Waals surface area contributed by atoms with Crippen molar-refractivity contribution in [3.8, 4) is 5.75 Å². The summed E-state index contributed by atoms with van der Waals surface area (Å²) in [5.41, 5.74) is 2.36. The van der Waals surface area contributed by atoms with E-state index in [-0.39, 0.29) is 24.0 Å². The molecule has 1 heterocycles. The Morgan fingerprint density at radius 2 is 1.84 bits per heavy atom. The fourth-order valence-electron chi connectivity index (χ4n) is 3.01. The van der Waals surface area contributed by atoms with E-state index in [0.29, 0.717) is 27.4 Å². The number of carbonyl (C=O) groups is 2. The van der Waals surface area contributed by atoms with E-state index in [1.165, 1.54) is 18.9 Å². The summed E-state index contributed by atoms with van der Waals surface area (Å²) in [4.78, 5) is 24.9. The highest BCUT2D eigenvalue weighted by molar-refractivity contribution is 7.99. The summed E-state index contributed by atoms with van der Waals surface area (Å²) < 4.78 is 6.95. The first kappa shape index (κ1) is 23.6. The third kappa shape index (κ3) is 6.02. The Kier molecular flexibility index (Phi) is 8.13. The molecule has 32 heavy (non-hydrogen) atoms. The van der Waals surface area contributed by atoms with Crippen LogP contribution >= 0.6 is 23.4 Å². The van der Waals surface area contributed by atoms with Crippen molar-refractivity contribution in [3.05, 3.63) is 58.9 Å². The lowest BCUT2D eigenvalue weighted by Crippen LogP contribution is -2.18. The van der Waals surface area contributed by atoms with Crippen LogP contribution in [0.15, 0.2) is 47.6 Å². The van der Waals surface area contributed by atoms with Gasteiger partial charge in [0.05, 0.1) is 25.0 Å². The van der Waals surface area contributed by atoms with E-state index < -0.39 is 0 Å². The molecule has 0 unspecified atom stereocenters. The number of nitrogens with zero attached hydrogens (tertiary/aromatic N) is 3. The van der Waals surface area contributed by atoms with Crippen LogP contribution in [0.4, 0.5) is 11.4 Å². The van der Waals surface area contributed by atoms with Crippen molar-refractivity contribution in [1.29, 1.82) is 0 Å². The van der Waals surface area contributed by atoms with Gasteiger partial charge in [-0.15, -0.1) is 10.2 Å². The first-order valence-corrected chi connectivity index (χ1v) is 11.3. The molecule has 0 aliphatic carbocycles. The quantitative estimate of drug-likeness (QED) is 0.456. The van der Waals surface area contributed by atoms with Crippen molar-refractivity contribution >= 4 is 46.6 Å². The van der Waals surface area contributed by atoms with E-state index in [1.54, 1.807) is 29.8 Å². The Morgan fingerprint density at radius 3 is 2.59 bits per heavy atom. The van der Waals surface area contributed by atoms with Gasteiger partial charge in [0.15, 0.2) is 5.16 Å². The molecule has 0 atom stereocenters. The first-order chi connectivity index (χ1) is 15.4. The second-order valence-corrected chi connectivity index (χ2v) is 8.25. The van der Waals surface area contributed by atoms with Crippen molar-refractivity contribution < 1.29 is 14.3 Å². The zero-order valence-corrected chi connectivity index (χ0v) is 19.6. The van der Waals surface area contributed by atoms with E-state index >= 15 is 0 Å². The number of anilines is 2. The molecule has 0 aliphatic rings. The normalized spacial score (nSPS) is 10.6. The van der Waals surface area contributed by atoms with Crippen molar-refractivity contribution in [2.75, 3.05) is 23.5 Å². The largest absolute Gasteiger partial charge is 0.495 e. The second-order valence-electron chi connectivity index (χ2n) is 6.87. The molecule has 0 fully saturated rings. The number of carbonyl (C=O) groups excluding carboxylic acids is 2. The second kappa shape index (κ2) is 11.0. The number of hydrogen-bond donors (Lipinski definition) is 2. The highest BCUT2D eigenvalue weighted by atomic mass is 35.5. The van der Waals surface area contributed by atoms with Gasteiger partial charge in [0.2, 0.25) is 11.8 Å². The smallest absolute Gasteiger partial charge is 0.234 e. The molecule has 3 aromatic rings. The predicted molar refractivity (Wildman–Crippen MR) is 127 cm³/mol. The molecule has 2 N–H and O–H groups in total. The van der Waals surface area contributed by atoms with Gasteiger partial charge in [0.25, 0.3) is 0 Å². The predicted octanol–water partition coefficient (Wildman–Crippen LogP) is 3.95. The number of nitrogens with one attached hydrogen (secondary N) is 2. The topological polar surface area (TPSA) is 98.1 Å².